The van der Waals surface area contributed by atoms with Crippen molar-refractivity contribution in [1.82, 2.24) is 15.0 Å². The first kappa shape index (κ1) is 24.8. The fraction of sp³-hybridized carbons (Fsp3) is 0.133. The molecule has 0 aliphatic rings. The molecule has 0 fully saturated rings. The average molecular weight is 507 g/mol. The number of amides is 1. The number of carbonyl (C=O) groups is 1. The third-order valence-electron chi connectivity index (χ3n) is 6.02. The van der Waals surface area contributed by atoms with Gasteiger partial charge in [-0.1, -0.05) is 24.3 Å². The molecule has 0 bridgehead atoms. The van der Waals surface area contributed by atoms with Gasteiger partial charge < -0.3 is 16.0 Å². The van der Waals surface area contributed by atoms with Crippen LogP contribution in [0.3, 0.4) is 0 Å². The molecule has 7 nitrogen and oxygen atoms in total. The summed E-state index contributed by atoms with van der Waals surface area (Å²) >= 11 is 0. The van der Waals surface area contributed by atoms with Gasteiger partial charge in [-0.2, -0.15) is 4.98 Å². The number of benzene rings is 3. The molecule has 3 N–H and O–H groups in total. The lowest BCUT2D eigenvalue weighted by Crippen LogP contribution is -2.12. The number of anilines is 3. The number of aromatic nitrogens is 3. The average Bonchev–Trinajstić information content (AvgIpc) is 2.93. The van der Waals surface area contributed by atoms with Crippen LogP contribution in [0, 0.1) is 12.7 Å². The molecule has 0 saturated carbocycles. The molecule has 0 saturated heterocycles. The second kappa shape index (κ2) is 11.5. The highest BCUT2D eigenvalue weighted by Crippen LogP contribution is 2.24. The smallest absolute Gasteiger partial charge is 0.255 e. The molecule has 1 amide bonds. The predicted molar refractivity (Wildman–Crippen MR) is 149 cm³/mol. The molecule has 38 heavy (non-hydrogen) atoms. The Labute approximate surface area is 220 Å². The summed E-state index contributed by atoms with van der Waals surface area (Å²) in [6.07, 6.45) is 2.56. The Bertz CT molecular complexity index is 1540. The highest BCUT2D eigenvalue weighted by atomic mass is 19.1. The molecule has 2 aromatic heterocycles. The van der Waals surface area contributed by atoms with Crippen LogP contribution in [0.15, 0.2) is 91.1 Å². The lowest BCUT2D eigenvalue weighted by molar-refractivity contribution is 0.102. The monoisotopic (exact) mass is 506 g/mol. The number of nitrogens with zero attached hydrogens (tertiary/aromatic N) is 3. The van der Waals surface area contributed by atoms with Crippen molar-refractivity contribution in [3.8, 4) is 0 Å². The minimum absolute atomic E-state index is 0.290. The first-order valence-corrected chi connectivity index (χ1v) is 12.4. The van der Waals surface area contributed by atoms with Crippen molar-refractivity contribution >= 4 is 34.3 Å². The summed E-state index contributed by atoms with van der Waals surface area (Å²) < 4.78 is 13.1. The molecule has 2 heterocycles. The minimum Gasteiger partial charge on any atom is -0.365 e. The molecule has 3 aromatic carbocycles. The van der Waals surface area contributed by atoms with Crippen molar-refractivity contribution < 1.29 is 9.18 Å². The number of rotatable bonds is 9. The summed E-state index contributed by atoms with van der Waals surface area (Å²) in [5.74, 6) is 0.628. The molecule has 0 aliphatic heterocycles. The van der Waals surface area contributed by atoms with E-state index in [0.717, 1.165) is 40.0 Å². The normalized spacial score (nSPS) is 10.8. The van der Waals surface area contributed by atoms with Gasteiger partial charge in [0.05, 0.1) is 5.52 Å². The summed E-state index contributed by atoms with van der Waals surface area (Å²) in [6, 6.07) is 25.0. The molecule has 8 heteroatoms. The summed E-state index contributed by atoms with van der Waals surface area (Å²) in [5.41, 5.74) is 5.07. The van der Waals surface area contributed by atoms with E-state index in [0.29, 0.717) is 30.3 Å². The Morgan fingerprint density at radius 3 is 2.47 bits per heavy atom. The number of halogens is 1. The van der Waals surface area contributed by atoms with E-state index < -0.39 is 0 Å². The summed E-state index contributed by atoms with van der Waals surface area (Å²) in [6.45, 7) is 3.25. The third-order valence-corrected chi connectivity index (χ3v) is 6.02. The van der Waals surface area contributed by atoms with E-state index in [-0.39, 0.29) is 11.7 Å². The zero-order valence-corrected chi connectivity index (χ0v) is 20.9. The number of nitrogens with one attached hydrogen (secondary N) is 3. The van der Waals surface area contributed by atoms with Crippen LogP contribution in [-0.4, -0.2) is 27.4 Å². The summed E-state index contributed by atoms with van der Waals surface area (Å²) in [5, 5.41) is 10.5. The Hall–Kier alpha value is -4.85. The van der Waals surface area contributed by atoms with Crippen LogP contribution in [0.2, 0.25) is 0 Å². The van der Waals surface area contributed by atoms with Gasteiger partial charge in [-0.15, -0.1) is 0 Å². The molecule has 0 atom stereocenters. The molecule has 190 valence electrons. The van der Waals surface area contributed by atoms with E-state index >= 15 is 0 Å². The van der Waals surface area contributed by atoms with Crippen molar-refractivity contribution in [1.29, 1.82) is 0 Å². The van der Waals surface area contributed by atoms with Crippen molar-refractivity contribution in [2.75, 3.05) is 22.5 Å². The largest absolute Gasteiger partial charge is 0.365 e. The van der Waals surface area contributed by atoms with Gasteiger partial charge in [0.15, 0.2) is 0 Å². The highest BCUT2D eigenvalue weighted by Gasteiger charge is 2.10. The lowest BCUT2D eigenvalue weighted by Gasteiger charge is -2.13. The van der Waals surface area contributed by atoms with Crippen LogP contribution in [0.5, 0.6) is 0 Å². The Morgan fingerprint density at radius 2 is 1.71 bits per heavy atom. The van der Waals surface area contributed by atoms with Crippen molar-refractivity contribution in [3.05, 3.63) is 119 Å². The number of aryl methyl sites for hydroxylation is 1. The molecule has 0 spiro atoms. The zero-order chi connectivity index (χ0) is 26.3. The van der Waals surface area contributed by atoms with Crippen LogP contribution in [0.1, 0.15) is 27.2 Å². The predicted octanol–water partition coefficient (Wildman–Crippen LogP) is 5.99. The fourth-order valence-electron chi connectivity index (χ4n) is 4.00. The second-order valence-electron chi connectivity index (χ2n) is 8.93. The Morgan fingerprint density at radius 1 is 0.895 bits per heavy atom. The quantitative estimate of drug-likeness (QED) is 0.227. The van der Waals surface area contributed by atoms with Gasteiger partial charge in [-0.3, -0.25) is 9.78 Å². The maximum Gasteiger partial charge on any atom is 0.255 e. The van der Waals surface area contributed by atoms with Gasteiger partial charge in [0, 0.05) is 48.0 Å². The third kappa shape index (κ3) is 6.28. The Balaban J connectivity index is 1.25. The second-order valence-corrected chi connectivity index (χ2v) is 8.93. The van der Waals surface area contributed by atoms with Crippen LogP contribution in [0.4, 0.5) is 21.8 Å². The minimum atomic E-state index is -0.377. The van der Waals surface area contributed by atoms with E-state index in [2.05, 4.69) is 20.9 Å². The van der Waals surface area contributed by atoms with Crippen molar-refractivity contribution in [2.45, 2.75) is 19.9 Å². The molecule has 0 radical (unpaired) electrons. The van der Waals surface area contributed by atoms with E-state index in [1.54, 1.807) is 6.20 Å². The number of carbonyl (C=O) groups excluding carboxylic acids is 1. The van der Waals surface area contributed by atoms with Gasteiger partial charge in [0.1, 0.15) is 11.6 Å². The van der Waals surface area contributed by atoms with Crippen molar-refractivity contribution in [2.24, 2.45) is 0 Å². The molecule has 0 aliphatic carbocycles. The summed E-state index contributed by atoms with van der Waals surface area (Å²) in [7, 11) is 0. The van der Waals surface area contributed by atoms with Gasteiger partial charge in [-0.05, 0) is 78.7 Å². The van der Waals surface area contributed by atoms with E-state index in [9.17, 15) is 9.18 Å². The highest BCUT2D eigenvalue weighted by molar-refractivity contribution is 6.04. The lowest BCUT2D eigenvalue weighted by atomic mass is 10.1. The summed E-state index contributed by atoms with van der Waals surface area (Å²) in [4.78, 5) is 26.2. The maximum atomic E-state index is 13.1. The topological polar surface area (TPSA) is 91.8 Å². The standard InChI is InChI=1S/C30H27FN6O/c1-20-5-14-26-27(18-20)36-30(33-17-15-24-4-2-3-16-32-24)37-28(26)34-19-21-6-12-25(13-7-21)35-29(38)22-8-10-23(31)11-9-22/h2-14,16,18H,15,17,19H2,1H3,(H,35,38)(H2,33,34,36,37). The number of hydrogen-bond acceptors (Lipinski definition) is 6. The van der Waals surface area contributed by atoms with Crippen molar-refractivity contribution in [3.63, 3.8) is 0 Å². The van der Waals surface area contributed by atoms with Crippen LogP contribution < -0.4 is 16.0 Å². The number of pyridine rings is 1. The van der Waals surface area contributed by atoms with Crippen LogP contribution in [0.25, 0.3) is 10.9 Å². The van der Waals surface area contributed by atoms with Gasteiger partial charge in [-0.25, -0.2) is 9.37 Å². The van der Waals surface area contributed by atoms with E-state index in [4.69, 9.17) is 9.97 Å². The molecular formula is C30H27FN6O. The van der Waals surface area contributed by atoms with E-state index in [1.165, 1.54) is 24.3 Å². The van der Waals surface area contributed by atoms with Gasteiger partial charge >= 0.3 is 0 Å². The van der Waals surface area contributed by atoms with Gasteiger partial charge in [0.2, 0.25) is 5.95 Å². The fourth-order valence-corrected chi connectivity index (χ4v) is 4.00. The zero-order valence-electron chi connectivity index (χ0n) is 20.9. The number of hydrogen-bond donors (Lipinski definition) is 3. The Kier molecular flexibility index (Phi) is 7.49. The maximum absolute atomic E-state index is 13.1. The first-order chi connectivity index (χ1) is 18.5. The van der Waals surface area contributed by atoms with Gasteiger partial charge in [0.25, 0.3) is 5.91 Å². The molecule has 5 aromatic rings. The van der Waals surface area contributed by atoms with Crippen LogP contribution in [-0.2, 0) is 13.0 Å². The SMILES string of the molecule is Cc1ccc2c(NCc3ccc(NC(=O)c4ccc(F)cc4)cc3)nc(NCCc3ccccn3)nc2c1. The first-order valence-electron chi connectivity index (χ1n) is 12.4. The molecule has 5 rings (SSSR count). The molecular weight excluding hydrogens is 479 g/mol. The van der Waals surface area contributed by atoms with Crippen LogP contribution >= 0.6 is 0 Å². The van der Waals surface area contributed by atoms with E-state index in [1.807, 2.05) is 67.6 Å². The number of fused-ring (bicyclic) bond motifs is 1. The molecule has 0 unspecified atom stereocenters.